The number of amides is 1. The number of benzene rings is 1. The van der Waals surface area contributed by atoms with Crippen molar-refractivity contribution in [1.29, 1.82) is 0 Å². The van der Waals surface area contributed by atoms with E-state index in [1.807, 2.05) is 17.0 Å². The highest BCUT2D eigenvalue weighted by molar-refractivity contribution is 8.16. The molecule has 8 heteroatoms. The fourth-order valence-electron chi connectivity index (χ4n) is 4.51. The van der Waals surface area contributed by atoms with Gasteiger partial charge in [-0.05, 0) is 49.9 Å². The van der Waals surface area contributed by atoms with E-state index < -0.39 is 9.84 Å². The molecule has 29 heavy (non-hydrogen) atoms. The zero-order valence-corrected chi connectivity index (χ0v) is 18.2. The van der Waals surface area contributed by atoms with Gasteiger partial charge in [0.2, 0.25) is 5.91 Å². The van der Waals surface area contributed by atoms with Crippen LogP contribution in [0.1, 0.15) is 55.8 Å². The molecule has 1 amide bonds. The Balaban J connectivity index is 1.59. The van der Waals surface area contributed by atoms with Crippen molar-refractivity contribution in [2.24, 2.45) is 10.9 Å². The van der Waals surface area contributed by atoms with Gasteiger partial charge in [0, 0.05) is 22.9 Å². The van der Waals surface area contributed by atoms with Gasteiger partial charge in [0.1, 0.15) is 0 Å². The minimum atomic E-state index is -3.10. The van der Waals surface area contributed by atoms with Crippen LogP contribution < -0.4 is 4.90 Å². The number of Topliss-reactive ketones (excluding diaryl/α,β-unsaturated/α-hetero) is 1. The van der Waals surface area contributed by atoms with E-state index in [1.54, 1.807) is 12.1 Å². The van der Waals surface area contributed by atoms with Gasteiger partial charge in [0.25, 0.3) is 0 Å². The van der Waals surface area contributed by atoms with Crippen LogP contribution in [0, 0.1) is 5.92 Å². The molecule has 0 spiro atoms. The highest BCUT2D eigenvalue weighted by Gasteiger charge is 2.49. The van der Waals surface area contributed by atoms with Crippen LogP contribution in [0.5, 0.6) is 0 Å². The summed E-state index contributed by atoms with van der Waals surface area (Å²) >= 11 is 1.40. The highest BCUT2D eigenvalue weighted by Crippen LogP contribution is 2.41. The average molecular weight is 435 g/mol. The molecular weight excluding hydrogens is 408 g/mol. The third kappa shape index (κ3) is 4.58. The minimum Gasteiger partial charge on any atom is -0.316 e. The van der Waals surface area contributed by atoms with Gasteiger partial charge in [-0.2, -0.15) is 4.99 Å². The maximum atomic E-state index is 12.6. The molecule has 0 N–H and O–H groups in total. The number of anilines is 1. The Morgan fingerprint density at radius 2 is 1.79 bits per heavy atom. The third-order valence-corrected chi connectivity index (χ3v) is 9.24. The third-order valence-electron chi connectivity index (χ3n) is 6.03. The highest BCUT2D eigenvalue weighted by atomic mass is 32.2. The molecule has 2 heterocycles. The van der Waals surface area contributed by atoms with Crippen LogP contribution in [0.4, 0.5) is 5.69 Å². The molecule has 156 valence electrons. The molecule has 0 radical (unpaired) electrons. The Morgan fingerprint density at radius 1 is 1.10 bits per heavy atom. The lowest BCUT2D eigenvalue weighted by molar-refractivity contribution is -0.118. The Bertz CT molecular complexity index is 934. The van der Waals surface area contributed by atoms with Crippen LogP contribution in [0.3, 0.4) is 0 Å². The fraction of sp³-hybridized carbons (Fsp3) is 0.571. The second kappa shape index (κ2) is 8.22. The number of hydrogen-bond acceptors (Lipinski definition) is 5. The van der Waals surface area contributed by atoms with Crippen molar-refractivity contribution in [1.82, 2.24) is 0 Å². The predicted molar refractivity (Wildman–Crippen MR) is 116 cm³/mol. The topological polar surface area (TPSA) is 83.9 Å². The summed E-state index contributed by atoms with van der Waals surface area (Å²) < 4.78 is 24.3. The average Bonchev–Trinajstić information content (AvgIpc) is 3.13. The molecule has 2 atom stereocenters. The number of aliphatic imine (C=N–C) groups is 1. The van der Waals surface area contributed by atoms with E-state index in [4.69, 9.17) is 0 Å². The van der Waals surface area contributed by atoms with Crippen LogP contribution in [0.25, 0.3) is 0 Å². The summed E-state index contributed by atoms with van der Waals surface area (Å²) in [6.07, 6.45) is 6.25. The van der Waals surface area contributed by atoms with Crippen LogP contribution in [-0.2, 0) is 14.6 Å². The number of hydrogen-bond donors (Lipinski definition) is 0. The lowest BCUT2D eigenvalue weighted by Crippen LogP contribution is -2.37. The lowest BCUT2D eigenvalue weighted by Gasteiger charge is -2.25. The van der Waals surface area contributed by atoms with E-state index in [0.29, 0.717) is 23.1 Å². The Labute approximate surface area is 176 Å². The molecule has 2 saturated heterocycles. The summed E-state index contributed by atoms with van der Waals surface area (Å²) in [7, 11) is -3.10. The van der Waals surface area contributed by atoms with Crippen LogP contribution in [0.2, 0.25) is 0 Å². The molecule has 4 rings (SSSR count). The summed E-state index contributed by atoms with van der Waals surface area (Å²) in [6.45, 7) is 1.51. The monoisotopic (exact) mass is 434 g/mol. The van der Waals surface area contributed by atoms with Crippen LogP contribution in [0.15, 0.2) is 29.3 Å². The second-order valence-electron chi connectivity index (χ2n) is 8.27. The molecule has 2 aliphatic heterocycles. The number of thioether (sulfide) groups is 1. The summed E-state index contributed by atoms with van der Waals surface area (Å²) in [4.78, 5) is 30.5. The maximum Gasteiger partial charge on any atom is 0.248 e. The Morgan fingerprint density at radius 3 is 2.45 bits per heavy atom. The van der Waals surface area contributed by atoms with Gasteiger partial charge >= 0.3 is 0 Å². The number of fused-ring (bicyclic) bond motifs is 1. The van der Waals surface area contributed by atoms with E-state index in [9.17, 15) is 18.0 Å². The van der Waals surface area contributed by atoms with Crippen molar-refractivity contribution >= 4 is 44.1 Å². The van der Waals surface area contributed by atoms with Gasteiger partial charge in [0.15, 0.2) is 20.8 Å². The smallest absolute Gasteiger partial charge is 0.248 e. The van der Waals surface area contributed by atoms with E-state index in [2.05, 4.69) is 4.99 Å². The molecular formula is C21H26N2O4S2. The van der Waals surface area contributed by atoms with Gasteiger partial charge in [-0.15, -0.1) is 0 Å². The maximum absolute atomic E-state index is 12.6. The molecule has 0 aromatic heterocycles. The largest absolute Gasteiger partial charge is 0.316 e. The first-order chi connectivity index (χ1) is 13.8. The number of nitrogens with zero attached hydrogens (tertiary/aromatic N) is 2. The predicted octanol–water partition coefficient (Wildman–Crippen LogP) is 3.46. The molecule has 1 aromatic carbocycles. The summed E-state index contributed by atoms with van der Waals surface area (Å²) in [6, 6.07) is 6.87. The molecule has 1 saturated carbocycles. The van der Waals surface area contributed by atoms with Crippen molar-refractivity contribution in [2.45, 2.75) is 56.7 Å². The molecule has 6 nitrogen and oxygen atoms in total. The standard InChI is InChI=1S/C21H26N2O4S2/c1-14(24)16-7-9-17(10-8-16)23-18-12-29(26,27)13-19(18)28-21(23)22-20(25)11-15-5-3-2-4-6-15/h7-10,15,18-19H,2-6,11-13H2,1H3. The fourth-order valence-corrected chi connectivity index (χ4v) is 8.44. The zero-order valence-electron chi connectivity index (χ0n) is 16.5. The molecule has 2 unspecified atom stereocenters. The van der Waals surface area contributed by atoms with Gasteiger partial charge in [0.05, 0.1) is 17.5 Å². The first kappa shape index (κ1) is 20.6. The van der Waals surface area contributed by atoms with Crippen molar-refractivity contribution in [2.75, 3.05) is 16.4 Å². The van der Waals surface area contributed by atoms with Crippen LogP contribution >= 0.6 is 11.8 Å². The zero-order chi connectivity index (χ0) is 20.6. The molecule has 1 aliphatic carbocycles. The van der Waals surface area contributed by atoms with Crippen molar-refractivity contribution < 1.29 is 18.0 Å². The Hall–Kier alpha value is -1.67. The molecule has 0 bridgehead atoms. The summed E-state index contributed by atoms with van der Waals surface area (Å²) in [5, 5.41) is 0.472. The van der Waals surface area contributed by atoms with E-state index in [1.165, 1.54) is 37.9 Å². The first-order valence-electron chi connectivity index (χ1n) is 10.2. The lowest BCUT2D eigenvalue weighted by atomic mass is 9.87. The van der Waals surface area contributed by atoms with Crippen LogP contribution in [-0.4, -0.2) is 48.1 Å². The minimum absolute atomic E-state index is 0.0229. The summed E-state index contributed by atoms with van der Waals surface area (Å²) in [5.74, 6) is 0.447. The molecule has 3 aliphatic rings. The van der Waals surface area contributed by atoms with E-state index in [-0.39, 0.29) is 34.5 Å². The normalized spacial score (nSPS) is 27.9. The van der Waals surface area contributed by atoms with Gasteiger partial charge in [-0.1, -0.05) is 31.0 Å². The van der Waals surface area contributed by atoms with Crippen molar-refractivity contribution in [3.05, 3.63) is 29.8 Å². The SMILES string of the molecule is CC(=O)c1ccc(N2C(=NC(=O)CC3CCCCC3)SC3CS(=O)(=O)CC32)cc1. The Kier molecular flexibility index (Phi) is 5.84. The molecule has 1 aromatic rings. The van der Waals surface area contributed by atoms with Gasteiger partial charge in [-0.3, -0.25) is 9.59 Å². The molecule has 3 fully saturated rings. The van der Waals surface area contributed by atoms with E-state index >= 15 is 0 Å². The quantitative estimate of drug-likeness (QED) is 0.675. The second-order valence-corrected chi connectivity index (χ2v) is 11.6. The number of sulfone groups is 1. The first-order valence-corrected chi connectivity index (χ1v) is 12.9. The summed E-state index contributed by atoms with van der Waals surface area (Å²) in [5.41, 5.74) is 1.37. The van der Waals surface area contributed by atoms with Gasteiger partial charge in [-0.25, -0.2) is 8.42 Å². The number of ketones is 1. The van der Waals surface area contributed by atoms with Crippen molar-refractivity contribution in [3.8, 4) is 0 Å². The number of carbonyl (C=O) groups is 2. The van der Waals surface area contributed by atoms with Gasteiger partial charge < -0.3 is 4.90 Å². The number of carbonyl (C=O) groups excluding carboxylic acids is 2. The van der Waals surface area contributed by atoms with Crippen molar-refractivity contribution in [3.63, 3.8) is 0 Å². The number of rotatable bonds is 4. The number of amidine groups is 1. The van der Waals surface area contributed by atoms with E-state index in [0.717, 1.165) is 18.5 Å².